The highest BCUT2D eigenvalue weighted by atomic mass is 35.5. The van der Waals surface area contributed by atoms with Gasteiger partial charge in [-0.15, -0.1) is 0 Å². The van der Waals surface area contributed by atoms with E-state index in [1.807, 2.05) is 79.9 Å². The fourth-order valence-corrected chi connectivity index (χ4v) is 2.83. The Bertz CT molecular complexity index is 861. The Balaban J connectivity index is 1.68. The maximum Gasteiger partial charge on any atom is 0.127 e. The highest BCUT2D eigenvalue weighted by Crippen LogP contribution is 2.31. The Labute approximate surface area is 157 Å². The van der Waals surface area contributed by atoms with Crippen LogP contribution < -0.4 is 4.74 Å². The van der Waals surface area contributed by atoms with Crippen molar-refractivity contribution in [3.8, 4) is 11.5 Å². The van der Waals surface area contributed by atoms with E-state index in [-0.39, 0.29) is 6.04 Å². The summed E-state index contributed by atoms with van der Waals surface area (Å²) in [6.07, 6.45) is 1.83. The molecule has 0 aliphatic rings. The molecule has 2 nitrogen and oxygen atoms in total. The molecule has 3 aromatic carbocycles. The van der Waals surface area contributed by atoms with Gasteiger partial charge in [-0.1, -0.05) is 53.5 Å². The van der Waals surface area contributed by atoms with Crippen LogP contribution in [-0.2, 0) is 0 Å². The first-order chi connectivity index (χ1) is 12.1. The molecule has 3 rings (SSSR count). The summed E-state index contributed by atoms with van der Waals surface area (Å²) in [6, 6.07) is 23.0. The molecular formula is C21H17Cl2NO. The third kappa shape index (κ3) is 4.62. The zero-order chi connectivity index (χ0) is 17.6. The molecule has 0 aliphatic carbocycles. The topological polar surface area (TPSA) is 21.6 Å². The van der Waals surface area contributed by atoms with E-state index in [2.05, 4.69) is 4.99 Å². The minimum atomic E-state index is -0.0774. The predicted molar refractivity (Wildman–Crippen MR) is 105 cm³/mol. The Morgan fingerprint density at radius 3 is 2.24 bits per heavy atom. The van der Waals surface area contributed by atoms with E-state index in [0.717, 1.165) is 22.6 Å². The van der Waals surface area contributed by atoms with Gasteiger partial charge in [0, 0.05) is 6.21 Å². The maximum atomic E-state index is 6.25. The number of benzene rings is 3. The van der Waals surface area contributed by atoms with Gasteiger partial charge >= 0.3 is 0 Å². The van der Waals surface area contributed by atoms with Crippen molar-refractivity contribution in [1.29, 1.82) is 0 Å². The molecule has 0 N–H and O–H groups in total. The van der Waals surface area contributed by atoms with Crippen molar-refractivity contribution in [3.05, 3.63) is 94.0 Å². The summed E-state index contributed by atoms with van der Waals surface area (Å²) >= 11 is 12.3. The number of ether oxygens (including phenoxy) is 1. The fourth-order valence-electron chi connectivity index (χ4n) is 2.37. The maximum absolute atomic E-state index is 6.25. The molecule has 0 aromatic heterocycles. The smallest absolute Gasteiger partial charge is 0.127 e. The van der Waals surface area contributed by atoms with Gasteiger partial charge in [-0.3, -0.25) is 4.99 Å². The minimum absolute atomic E-state index is 0.0774. The summed E-state index contributed by atoms with van der Waals surface area (Å²) in [4.78, 5) is 4.57. The zero-order valence-corrected chi connectivity index (χ0v) is 15.2. The van der Waals surface area contributed by atoms with E-state index in [0.29, 0.717) is 10.0 Å². The lowest BCUT2D eigenvalue weighted by Crippen LogP contribution is -1.93. The fraction of sp³-hybridized carbons (Fsp3) is 0.0952. The van der Waals surface area contributed by atoms with Crippen molar-refractivity contribution < 1.29 is 4.74 Å². The van der Waals surface area contributed by atoms with E-state index < -0.39 is 0 Å². The second kappa shape index (κ2) is 8.19. The average Bonchev–Trinajstić information content (AvgIpc) is 2.64. The number of para-hydroxylation sites is 1. The molecule has 1 atom stereocenters. The molecule has 3 aromatic rings. The molecule has 0 saturated heterocycles. The highest BCUT2D eigenvalue weighted by Gasteiger charge is 2.10. The largest absolute Gasteiger partial charge is 0.457 e. The number of hydrogen-bond acceptors (Lipinski definition) is 2. The molecule has 1 unspecified atom stereocenters. The predicted octanol–water partition coefficient (Wildman–Crippen LogP) is 6.97. The molecule has 0 aliphatic heterocycles. The second-order valence-electron chi connectivity index (χ2n) is 5.58. The van der Waals surface area contributed by atoms with Crippen LogP contribution in [0.4, 0.5) is 0 Å². The first-order valence-corrected chi connectivity index (χ1v) is 8.69. The number of aliphatic imine (C=N–C) groups is 1. The van der Waals surface area contributed by atoms with Gasteiger partial charge in [0.2, 0.25) is 0 Å². The molecule has 0 heterocycles. The first kappa shape index (κ1) is 17.5. The van der Waals surface area contributed by atoms with Gasteiger partial charge in [0.15, 0.2) is 0 Å². The molecule has 4 heteroatoms. The van der Waals surface area contributed by atoms with Gasteiger partial charge in [0.1, 0.15) is 11.5 Å². The molecular weight excluding hydrogens is 353 g/mol. The van der Waals surface area contributed by atoms with Crippen molar-refractivity contribution in [1.82, 2.24) is 0 Å². The number of hydrogen-bond donors (Lipinski definition) is 0. The molecule has 0 spiro atoms. The normalized spacial score (nSPS) is 12.3. The van der Waals surface area contributed by atoms with Gasteiger partial charge < -0.3 is 4.74 Å². The lowest BCUT2D eigenvalue weighted by Gasteiger charge is -2.10. The quantitative estimate of drug-likeness (QED) is 0.445. The van der Waals surface area contributed by atoms with E-state index >= 15 is 0 Å². The zero-order valence-electron chi connectivity index (χ0n) is 13.7. The molecule has 0 fully saturated rings. The van der Waals surface area contributed by atoms with Crippen LogP contribution in [0.2, 0.25) is 10.0 Å². The van der Waals surface area contributed by atoms with Crippen molar-refractivity contribution >= 4 is 29.4 Å². The average molecular weight is 370 g/mol. The van der Waals surface area contributed by atoms with Crippen LogP contribution in [-0.4, -0.2) is 6.21 Å². The van der Waals surface area contributed by atoms with Crippen molar-refractivity contribution in [3.63, 3.8) is 0 Å². The van der Waals surface area contributed by atoms with Gasteiger partial charge in [0.25, 0.3) is 0 Å². The van der Waals surface area contributed by atoms with Crippen LogP contribution >= 0.6 is 23.2 Å². The van der Waals surface area contributed by atoms with Crippen molar-refractivity contribution in [2.75, 3.05) is 0 Å². The van der Waals surface area contributed by atoms with E-state index in [4.69, 9.17) is 27.9 Å². The highest BCUT2D eigenvalue weighted by molar-refractivity contribution is 6.42. The summed E-state index contributed by atoms with van der Waals surface area (Å²) in [6.45, 7) is 1.99. The molecule has 0 amide bonds. The molecule has 126 valence electrons. The molecule has 0 radical (unpaired) electrons. The summed E-state index contributed by atoms with van der Waals surface area (Å²) in [5.74, 6) is 1.60. The summed E-state index contributed by atoms with van der Waals surface area (Å²) in [5.41, 5.74) is 1.90. The first-order valence-electron chi connectivity index (χ1n) is 7.93. The monoisotopic (exact) mass is 369 g/mol. The summed E-state index contributed by atoms with van der Waals surface area (Å²) in [5, 5.41) is 1.10. The lowest BCUT2D eigenvalue weighted by molar-refractivity contribution is 0.482. The standard InChI is InChI=1S/C21H17Cl2NO/c1-15(19-8-5-9-20(22)21(19)23)24-14-16-10-12-18(13-11-16)25-17-6-3-2-4-7-17/h2-15H,1H3. The lowest BCUT2D eigenvalue weighted by atomic mass is 10.1. The number of rotatable bonds is 5. The van der Waals surface area contributed by atoms with Crippen LogP contribution in [0.3, 0.4) is 0 Å². The molecule has 0 saturated carbocycles. The minimum Gasteiger partial charge on any atom is -0.457 e. The van der Waals surface area contributed by atoms with Gasteiger partial charge in [-0.2, -0.15) is 0 Å². The summed E-state index contributed by atoms with van der Waals surface area (Å²) in [7, 11) is 0. The van der Waals surface area contributed by atoms with E-state index in [1.165, 1.54) is 0 Å². The second-order valence-corrected chi connectivity index (χ2v) is 6.37. The SMILES string of the molecule is CC(N=Cc1ccc(Oc2ccccc2)cc1)c1cccc(Cl)c1Cl. The van der Waals surface area contributed by atoms with Crippen LogP contribution in [0, 0.1) is 0 Å². The molecule has 0 bridgehead atoms. The van der Waals surface area contributed by atoms with Gasteiger partial charge in [-0.05, 0) is 60.5 Å². The Kier molecular flexibility index (Phi) is 5.75. The van der Waals surface area contributed by atoms with Gasteiger partial charge in [0.05, 0.1) is 16.1 Å². The van der Waals surface area contributed by atoms with Crippen molar-refractivity contribution in [2.45, 2.75) is 13.0 Å². The Morgan fingerprint density at radius 2 is 1.52 bits per heavy atom. The number of nitrogens with zero attached hydrogens (tertiary/aromatic N) is 1. The third-order valence-corrected chi connectivity index (χ3v) is 4.57. The summed E-state index contributed by atoms with van der Waals surface area (Å²) < 4.78 is 5.78. The van der Waals surface area contributed by atoms with Crippen molar-refractivity contribution in [2.24, 2.45) is 4.99 Å². The molecule has 25 heavy (non-hydrogen) atoms. The Morgan fingerprint density at radius 1 is 0.840 bits per heavy atom. The van der Waals surface area contributed by atoms with E-state index in [1.54, 1.807) is 6.07 Å². The third-order valence-electron chi connectivity index (χ3n) is 3.74. The van der Waals surface area contributed by atoms with E-state index in [9.17, 15) is 0 Å². The Hall–Kier alpha value is -2.29. The number of halogens is 2. The van der Waals surface area contributed by atoms with Crippen LogP contribution in [0.1, 0.15) is 24.1 Å². The van der Waals surface area contributed by atoms with Crippen LogP contribution in [0.5, 0.6) is 11.5 Å². The van der Waals surface area contributed by atoms with Gasteiger partial charge in [-0.25, -0.2) is 0 Å². The van der Waals surface area contributed by atoms with Crippen LogP contribution in [0.25, 0.3) is 0 Å². The van der Waals surface area contributed by atoms with Crippen LogP contribution in [0.15, 0.2) is 77.8 Å².